The SMILES string of the molecule is CCCN1CCCC(c2nc(-c3ccc(OC)c(OC)c3)no2)C1. The van der Waals surface area contributed by atoms with Gasteiger partial charge in [-0.25, -0.2) is 0 Å². The second-order valence-electron chi connectivity index (χ2n) is 6.17. The normalized spacial score (nSPS) is 18.5. The van der Waals surface area contributed by atoms with Gasteiger partial charge in [-0.15, -0.1) is 0 Å². The maximum Gasteiger partial charge on any atom is 0.231 e. The molecule has 6 heteroatoms. The Morgan fingerprint density at radius 1 is 1.25 bits per heavy atom. The van der Waals surface area contributed by atoms with Crippen LogP contribution in [0.3, 0.4) is 0 Å². The molecule has 130 valence electrons. The van der Waals surface area contributed by atoms with Crippen molar-refractivity contribution in [2.75, 3.05) is 33.9 Å². The van der Waals surface area contributed by atoms with Crippen LogP contribution in [0, 0.1) is 0 Å². The van der Waals surface area contributed by atoms with Crippen molar-refractivity contribution in [3.8, 4) is 22.9 Å². The molecule has 0 radical (unpaired) electrons. The third-order valence-electron chi connectivity index (χ3n) is 4.48. The van der Waals surface area contributed by atoms with Gasteiger partial charge in [0, 0.05) is 12.1 Å². The van der Waals surface area contributed by atoms with E-state index in [1.165, 1.54) is 19.4 Å². The molecule has 3 rings (SSSR count). The third-order valence-corrected chi connectivity index (χ3v) is 4.48. The van der Waals surface area contributed by atoms with Gasteiger partial charge >= 0.3 is 0 Å². The van der Waals surface area contributed by atoms with Crippen molar-refractivity contribution < 1.29 is 14.0 Å². The van der Waals surface area contributed by atoms with Crippen molar-refractivity contribution in [3.63, 3.8) is 0 Å². The first kappa shape index (κ1) is 16.8. The monoisotopic (exact) mass is 331 g/mol. The lowest BCUT2D eigenvalue weighted by molar-refractivity contribution is 0.187. The molecule has 2 heterocycles. The Bertz CT molecular complexity index is 669. The fraction of sp³-hybridized carbons (Fsp3) is 0.556. The molecule has 1 aromatic heterocycles. The molecule has 0 N–H and O–H groups in total. The Kier molecular flexibility index (Phi) is 5.35. The van der Waals surface area contributed by atoms with Crippen LogP contribution in [0.15, 0.2) is 22.7 Å². The predicted octanol–water partition coefficient (Wildman–Crippen LogP) is 3.34. The highest BCUT2D eigenvalue weighted by Gasteiger charge is 2.26. The number of rotatable bonds is 6. The molecular formula is C18H25N3O3. The lowest BCUT2D eigenvalue weighted by atomic mass is 9.98. The van der Waals surface area contributed by atoms with Crippen LogP contribution >= 0.6 is 0 Å². The van der Waals surface area contributed by atoms with Crippen LogP contribution in [0.2, 0.25) is 0 Å². The number of hydrogen-bond donors (Lipinski definition) is 0. The molecule has 1 atom stereocenters. The van der Waals surface area contributed by atoms with Crippen LogP contribution in [0.4, 0.5) is 0 Å². The fourth-order valence-corrected chi connectivity index (χ4v) is 3.27. The highest BCUT2D eigenvalue weighted by molar-refractivity contribution is 5.60. The number of hydrogen-bond acceptors (Lipinski definition) is 6. The van der Waals surface area contributed by atoms with Gasteiger partial charge in [0.05, 0.1) is 20.1 Å². The average molecular weight is 331 g/mol. The summed E-state index contributed by atoms with van der Waals surface area (Å²) in [5.41, 5.74) is 0.865. The number of piperidine rings is 1. The Morgan fingerprint density at radius 3 is 2.83 bits per heavy atom. The van der Waals surface area contributed by atoms with Gasteiger partial charge in [0.2, 0.25) is 11.7 Å². The molecule has 0 bridgehead atoms. The summed E-state index contributed by atoms with van der Waals surface area (Å²) in [4.78, 5) is 7.11. The lowest BCUT2D eigenvalue weighted by Gasteiger charge is -2.30. The van der Waals surface area contributed by atoms with E-state index in [2.05, 4.69) is 22.0 Å². The van der Waals surface area contributed by atoms with Gasteiger partial charge in [-0.3, -0.25) is 0 Å². The maximum absolute atomic E-state index is 5.56. The molecule has 1 saturated heterocycles. The molecule has 1 aromatic carbocycles. The van der Waals surface area contributed by atoms with Crippen LogP contribution in [0.1, 0.15) is 38.0 Å². The van der Waals surface area contributed by atoms with Gasteiger partial charge in [0.25, 0.3) is 0 Å². The van der Waals surface area contributed by atoms with E-state index >= 15 is 0 Å². The maximum atomic E-state index is 5.56. The smallest absolute Gasteiger partial charge is 0.231 e. The molecule has 2 aromatic rings. The summed E-state index contributed by atoms with van der Waals surface area (Å²) in [6.07, 6.45) is 3.46. The summed E-state index contributed by atoms with van der Waals surface area (Å²) in [6.45, 7) is 5.51. The van der Waals surface area contributed by atoms with Crippen LogP contribution < -0.4 is 9.47 Å². The van der Waals surface area contributed by atoms with Gasteiger partial charge in [-0.2, -0.15) is 4.98 Å². The molecule has 0 saturated carbocycles. The molecular weight excluding hydrogens is 306 g/mol. The van der Waals surface area contributed by atoms with E-state index in [4.69, 9.17) is 14.0 Å². The molecule has 1 aliphatic rings. The Hall–Kier alpha value is -2.08. The number of nitrogens with zero attached hydrogens (tertiary/aromatic N) is 3. The highest BCUT2D eigenvalue weighted by Crippen LogP contribution is 2.32. The van der Waals surface area contributed by atoms with Gasteiger partial charge in [-0.05, 0) is 50.6 Å². The summed E-state index contributed by atoms with van der Waals surface area (Å²) in [5, 5.41) is 4.16. The zero-order chi connectivity index (χ0) is 16.9. The average Bonchev–Trinajstić information content (AvgIpc) is 3.12. The van der Waals surface area contributed by atoms with Crippen molar-refractivity contribution >= 4 is 0 Å². The molecule has 0 amide bonds. The number of benzene rings is 1. The predicted molar refractivity (Wildman–Crippen MR) is 91.5 cm³/mol. The van der Waals surface area contributed by atoms with Gasteiger partial charge in [-0.1, -0.05) is 12.1 Å². The van der Waals surface area contributed by atoms with Crippen molar-refractivity contribution in [1.29, 1.82) is 0 Å². The van der Waals surface area contributed by atoms with Crippen LogP contribution in [0.5, 0.6) is 11.5 Å². The summed E-state index contributed by atoms with van der Waals surface area (Å²) in [7, 11) is 3.24. The number of ether oxygens (including phenoxy) is 2. The minimum absolute atomic E-state index is 0.326. The summed E-state index contributed by atoms with van der Waals surface area (Å²) >= 11 is 0. The highest BCUT2D eigenvalue weighted by atomic mass is 16.5. The molecule has 1 aliphatic heterocycles. The van der Waals surface area contributed by atoms with Crippen LogP contribution in [-0.2, 0) is 0 Å². The largest absolute Gasteiger partial charge is 0.493 e. The van der Waals surface area contributed by atoms with Crippen LogP contribution in [-0.4, -0.2) is 48.9 Å². The van der Waals surface area contributed by atoms with Crippen molar-refractivity contribution in [2.45, 2.75) is 32.1 Å². The third kappa shape index (κ3) is 3.53. The molecule has 1 unspecified atom stereocenters. The van der Waals surface area contributed by atoms with Crippen LogP contribution in [0.25, 0.3) is 11.4 Å². The van der Waals surface area contributed by atoms with E-state index < -0.39 is 0 Å². The van der Waals surface area contributed by atoms with Gasteiger partial charge in [0.1, 0.15) is 0 Å². The first-order chi connectivity index (χ1) is 11.7. The molecule has 1 fully saturated rings. The topological polar surface area (TPSA) is 60.6 Å². The number of aromatic nitrogens is 2. The standard InChI is InChI=1S/C18H25N3O3/c1-4-9-21-10-5-6-14(12-21)18-19-17(20-24-18)13-7-8-15(22-2)16(11-13)23-3/h7-8,11,14H,4-6,9-10,12H2,1-3H3. The zero-order valence-electron chi connectivity index (χ0n) is 14.6. The first-order valence-electron chi connectivity index (χ1n) is 8.53. The molecule has 24 heavy (non-hydrogen) atoms. The number of likely N-dealkylation sites (tertiary alicyclic amines) is 1. The van der Waals surface area contributed by atoms with Gasteiger partial charge < -0.3 is 18.9 Å². The molecule has 0 spiro atoms. The minimum atomic E-state index is 0.326. The first-order valence-corrected chi connectivity index (χ1v) is 8.53. The van der Waals surface area contributed by atoms with E-state index in [0.29, 0.717) is 23.2 Å². The Morgan fingerprint density at radius 2 is 2.08 bits per heavy atom. The van der Waals surface area contributed by atoms with Gasteiger partial charge in [0.15, 0.2) is 11.5 Å². The van der Waals surface area contributed by atoms with Crippen molar-refractivity contribution in [1.82, 2.24) is 15.0 Å². The van der Waals surface area contributed by atoms with Crippen molar-refractivity contribution in [3.05, 3.63) is 24.1 Å². The van der Waals surface area contributed by atoms with E-state index in [1.54, 1.807) is 14.2 Å². The summed E-state index contributed by atoms with van der Waals surface area (Å²) in [5.74, 6) is 3.01. The van der Waals surface area contributed by atoms with E-state index in [1.807, 2.05) is 18.2 Å². The molecule has 0 aliphatic carbocycles. The lowest BCUT2D eigenvalue weighted by Crippen LogP contribution is -2.34. The summed E-state index contributed by atoms with van der Waals surface area (Å²) in [6, 6.07) is 5.64. The summed E-state index contributed by atoms with van der Waals surface area (Å²) < 4.78 is 16.2. The second kappa shape index (κ2) is 7.66. The fourth-order valence-electron chi connectivity index (χ4n) is 3.27. The quantitative estimate of drug-likeness (QED) is 0.809. The van der Waals surface area contributed by atoms with E-state index in [-0.39, 0.29) is 0 Å². The van der Waals surface area contributed by atoms with E-state index in [9.17, 15) is 0 Å². The zero-order valence-corrected chi connectivity index (χ0v) is 14.6. The minimum Gasteiger partial charge on any atom is -0.493 e. The Balaban J connectivity index is 1.78. The number of methoxy groups -OCH3 is 2. The Labute approximate surface area is 142 Å². The molecule has 6 nitrogen and oxygen atoms in total. The van der Waals surface area contributed by atoms with Crippen molar-refractivity contribution in [2.24, 2.45) is 0 Å². The second-order valence-corrected chi connectivity index (χ2v) is 6.17. The van der Waals surface area contributed by atoms with E-state index in [0.717, 1.165) is 31.0 Å².